The van der Waals surface area contributed by atoms with Gasteiger partial charge in [0.1, 0.15) is 5.82 Å². The highest BCUT2D eigenvalue weighted by Gasteiger charge is 2.19. The van der Waals surface area contributed by atoms with Gasteiger partial charge in [0, 0.05) is 12.1 Å². The summed E-state index contributed by atoms with van der Waals surface area (Å²) in [6.45, 7) is 5.33. The van der Waals surface area contributed by atoms with Crippen molar-refractivity contribution in [2.75, 3.05) is 13.7 Å². The van der Waals surface area contributed by atoms with Gasteiger partial charge in [0.05, 0.1) is 30.8 Å². The lowest BCUT2D eigenvalue weighted by Gasteiger charge is -2.17. The van der Waals surface area contributed by atoms with Gasteiger partial charge in [-0.05, 0) is 68.7 Å². The maximum Gasteiger partial charge on any atom is 0.251 e. The molecule has 0 aliphatic heterocycles. The minimum absolute atomic E-state index is 0.107. The van der Waals surface area contributed by atoms with E-state index in [4.69, 9.17) is 14.5 Å². The number of unbranched alkanes of at least 4 members (excludes halogenated alkanes) is 1. The van der Waals surface area contributed by atoms with Crippen LogP contribution in [0.5, 0.6) is 11.5 Å². The zero-order valence-electron chi connectivity index (χ0n) is 21.1. The molecule has 0 fully saturated rings. The van der Waals surface area contributed by atoms with E-state index in [0.29, 0.717) is 12.2 Å². The largest absolute Gasteiger partial charge is 0.493 e. The second-order valence-corrected chi connectivity index (χ2v) is 8.64. The second kappa shape index (κ2) is 12.1. The first-order valence-corrected chi connectivity index (χ1v) is 12.4. The lowest BCUT2D eigenvalue weighted by atomic mass is 10.2. The lowest BCUT2D eigenvalue weighted by Crippen LogP contribution is -2.28. The number of aromatic nitrogens is 2. The number of methoxy groups -OCH3 is 1. The molecule has 1 heterocycles. The second-order valence-electron chi connectivity index (χ2n) is 8.64. The normalized spacial score (nSPS) is 12.1. The molecule has 36 heavy (non-hydrogen) atoms. The summed E-state index contributed by atoms with van der Waals surface area (Å²) in [6.07, 6.45) is 5.81. The first-order chi connectivity index (χ1) is 17.6. The van der Waals surface area contributed by atoms with Crippen molar-refractivity contribution in [2.45, 2.75) is 39.3 Å². The Labute approximate surface area is 212 Å². The number of carbonyl (C=O) groups excluding carboxylic acids is 1. The number of fused-ring (bicyclic) bond motifs is 1. The smallest absolute Gasteiger partial charge is 0.251 e. The maximum absolute atomic E-state index is 12.7. The van der Waals surface area contributed by atoms with Crippen molar-refractivity contribution in [1.29, 1.82) is 0 Å². The summed E-state index contributed by atoms with van der Waals surface area (Å²) in [5.41, 5.74) is 3.71. The average molecular weight is 484 g/mol. The van der Waals surface area contributed by atoms with Crippen molar-refractivity contribution in [2.24, 2.45) is 0 Å². The molecule has 0 aliphatic rings. The molecule has 0 radical (unpaired) electrons. The van der Waals surface area contributed by atoms with Crippen LogP contribution in [0.3, 0.4) is 0 Å². The number of nitrogens with one attached hydrogen (secondary N) is 1. The van der Waals surface area contributed by atoms with Crippen LogP contribution in [0.1, 0.15) is 54.5 Å². The third kappa shape index (κ3) is 5.95. The predicted molar refractivity (Wildman–Crippen MR) is 144 cm³/mol. The molecule has 0 aliphatic carbocycles. The molecular weight excluding hydrogens is 450 g/mol. The van der Waals surface area contributed by atoms with E-state index in [1.54, 1.807) is 7.11 Å². The molecule has 4 rings (SSSR count). The molecular formula is C30H33N3O3. The first kappa shape index (κ1) is 25.0. The standard InChI is InChI=1S/C30H33N3O3/c1-4-12-23-17-18-27(28(21-23)35-3)36-20-11-10-19-33-26-16-9-8-15-25(26)32-29(33)22(2)31-30(34)24-13-6-5-7-14-24/h4-9,12-18,21-22H,10-11,19-20H2,1-3H3,(H,31,34)/b12-4+. The van der Waals surface area contributed by atoms with Crippen LogP contribution in [0, 0.1) is 0 Å². The van der Waals surface area contributed by atoms with Crippen molar-refractivity contribution in [3.05, 3.63) is 95.8 Å². The summed E-state index contributed by atoms with van der Waals surface area (Å²) in [5.74, 6) is 2.22. The molecule has 1 aromatic heterocycles. The fraction of sp³-hybridized carbons (Fsp3) is 0.267. The monoisotopic (exact) mass is 483 g/mol. The highest BCUT2D eigenvalue weighted by Crippen LogP contribution is 2.29. The maximum atomic E-state index is 12.7. The van der Waals surface area contributed by atoms with Gasteiger partial charge < -0.3 is 19.4 Å². The van der Waals surface area contributed by atoms with Crippen molar-refractivity contribution in [3.8, 4) is 11.5 Å². The molecule has 1 unspecified atom stereocenters. The Balaban J connectivity index is 1.40. The molecule has 6 nitrogen and oxygen atoms in total. The van der Waals surface area contributed by atoms with Crippen LogP contribution < -0.4 is 14.8 Å². The number of nitrogens with zero attached hydrogens (tertiary/aromatic N) is 2. The van der Waals surface area contributed by atoms with Gasteiger partial charge in [-0.2, -0.15) is 0 Å². The zero-order chi connectivity index (χ0) is 25.3. The zero-order valence-corrected chi connectivity index (χ0v) is 21.1. The van der Waals surface area contributed by atoms with Crippen LogP contribution in [0.25, 0.3) is 17.1 Å². The van der Waals surface area contributed by atoms with Gasteiger partial charge >= 0.3 is 0 Å². The number of allylic oxidation sites excluding steroid dienone is 1. The molecule has 1 N–H and O–H groups in total. The SMILES string of the molecule is C/C=C/c1ccc(OCCCCn2c(C(C)NC(=O)c3ccccc3)nc3ccccc32)c(OC)c1. The first-order valence-electron chi connectivity index (χ1n) is 12.4. The van der Waals surface area contributed by atoms with Crippen LogP contribution in [-0.4, -0.2) is 29.2 Å². The number of rotatable bonds is 11. The van der Waals surface area contributed by atoms with E-state index in [0.717, 1.165) is 53.3 Å². The van der Waals surface area contributed by atoms with E-state index in [1.165, 1.54) is 0 Å². The summed E-state index contributed by atoms with van der Waals surface area (Å²) >= 11 is 0. The topological polar surface area (TPSA) is 65.4 Å². The number of ether oxygens (including phenoxy) is 2. The fourth-order valence-electron chi connectivity index (χ4n) is 4.25. The Morgan fingerprint density at radius 2 is 1.81 bits per heavy atom. The number of imidazole rings is 1. The predicted octanol–water partition coefficient (Wildman–Crippen LogP) is 6.43. The van der Waals surface area contributed by atoms with Gasteiger partial charge in [-0.25, -0.2) is 4.98 Å². The highest BCUT2D eigenvalue weighted by atomic mass is 16.5. The van der Waals surface area contributed by atoms with E-state index in [1.807, 2.05) is 92.7 Å². The minimum Gasteiger partial charge on any atom is -0.493 e. The number of aryl methyl sites for hydroxylation is 1. The van der Waals surface area contributed by atoms with E-state index in [9.17, 15) is 4.79 Å². The molecule has 186 valence electrons. The van der Waals surface area contributed by atoms with Gasteiger partial charge in [0.2, 0.25) is 0 Å². The third-order valence-electron chi connectivity index (χ3n) is 6.04. The van der Waals surface area contributed by atoms with E-state index in [2.05, 4.69) is 16.0 Å². The van der Waals surface area contributed by atoms with Crippen molar-refractivity contribution in [3.63, 3.8) is 0 Å². The molecule has 0 saturated carbocycles. The molecule has 1 amide bonds. The van der Waals surface area contributed by atoms with Crippen LogP contribution in [0.15, 0.2) is 78.9 Å². The Kier molecular flexibility index (Phi) is 8.40. The van der Waals surface area contributed by atoms with E-state index >= 15 is 0 Å². The highest BCUT2D eigenvalue weighted by molar-refractivity contribution is 5.94. The van der Waals surface area contributed by atoms with Gasteiger partial charge in [0.25, 0.3) is 5.91 Å². The molecule has 6 heteroatoms. The summed E-state index contributed by atoms with van der Waals surface area (Å²) in [6, 6.07) is 23.1. The molecule has 4 aromatic rings. The molecule has 1 atom stereocenters. The third-order valence-corrected chi connectivity index (χ3v) is 6.04. The number of hydrogen-bond donors (Lipinski definition) is 1. The van der Waals surface area contributed by atoms with E-state index < -0.39 is 0 Å². The van der Waals surface area contributed by atoms with Crippen LogP contribution in [-0.2, 0) is 6.54 Å². The lowest BCUT2D eigenvalue weighted by molar-refractivity contribution is 0.0937. The van der Waals surface area contributed by atoms with Crippen molar-refractivity contribution < 1.29 is 14.3 Å². The van der Waals surface area contributed by atoms with E-state index in [-0.39, 0.29) is 11.9 Å². The molecule has 0 saturated heterocycles. The minimum atomic E-state index is -0.235. The number of carbonyl (C=O) groups is 1. The number of hydrogen-bond acceptors (Lipinski definition) is 4. The Hall–Kier alpha value is -4.06. The van der Waals surface area contributed by atoms with Crippen LogP contribution in [0.2, 0.25) is 0 Å². The summed E-state index contributed by atoms with van der Waals surface area (Å²) < 4.78 is 13.7. The number of para-hydroxylation sites is 2. The van der Waals surface area contributed by atoms with Crippen molar-refractivity contribution >= 4 is 23.0 Å². The molecule has 3 aromatic carbocycles. The van der Waals surface area contributed by atoms with Crippen LogP contribution in [0.4, 0.5) is 0 Å². The Morgan fingerprint density at radius 3 is 2.58 bits per heavy atom. The van der Waals surface area contributed by atoms with Gasteiger partial charge in [-0.1, -0.05) is 48.6 Å². The van der Waals surface area contributed by atoms with Crippen molar-refractivity contribution in [1.82, 2.24) is 14.9 Å². The number of amides is 1. The number of benzene rings is 3. The summed E-state index contributed by atoms with van der Waals surface area (Å²) in [4.78, 5) is 17.6. The quantitative estimate of drug-likeness (QED) is 0.250. The Bertz CT molecular complexity index is 1330. The van der Waals surface area contributed by atoms with Crippen LogP contribution >= 0.6 is 0 Å². The molecule has 0 spiro atoms. The average Bonchev–Trinajstić information content (AvgIpc) is 3.28. The fourth-order valence-corrected chi connectivity index (χ4v) is 4.25. The summed E-state index contributed by atoms with van der Waals surface area (Å²) in [7, 11) is 1.66. The molecule has 0 bridgehead atoms. The van der Waals surface area contributed by atoms with Gasteiger partial charge in [-0.3, -0.25) is 4.79 Å². The van der Waals surface area contributed by atoms with Gasteiger partial charge in [0.15, 0.2) is 11.5 Å². The summed E-state index contributed by atoms with van der Waals surface area (Å²) in [5, 5.41) is 3.10. The Morgan fingerprint density at radius 1 is 1.03 bits per heavy atom. The van der Waals surface area contributed by atoms with Gasteiger partial charge in [-0.15, -0.1) is 0 Å².